The molecule has 0 bridgehead atoms. The molecule has 1 rings (SSSR count). The van der Waals surface area contributed by atoms with Crippen molar-refractivity contribution in [3.8, 4) is 35.2 Å². The molecule has 0 spiro atoms. The molecule has 1 aromatic carbocycles. The lowest BCUT2D eigenvalue weighted by atomic mass is 10.1. The normalized spacial score (nSPS) is 11.4. The lowest BCUT2D eigenvalue weighted by Crippen LogP contribution is -2.28. The Morgan fingerprint density at radius 2 is 0.820 bits per heavy atom. The van der Waals surface area contributed by atoms with Gasteiger partial charge < -0.3 is 18.9 Å². The maximum Gasteiger partial charge on any atom is 0.119 e. The summed E-state index contributed by atoms with van der Waals surface area (Å²) in [6.45, 7) is 7.16. The minimum absolute atomic E-state index is 0.0609. The molecule has 0 heterocycles. The highest BCUT2D eigenvalue weighted by atomic mass is 16.6. The molecule has 0 aliphatic rings. The number of methoxy groups -OCH3 is 1. The van der Waals surface area contributed by atoms with Crippen molar-refractivity contribution in [2.75, 3.05) is 33.5 Å². The molecular weight excluding hydrogens is 617 g/mol. The third-order valence-corrected chi connectivity index (χ3v) is 9.25. The monoisotopic (exact) mass is 695 g/mol. The van der Waals surface area contributed by atoms with Crippen molar-refractivity contribution < 1.29 is 18.9 Å². The Morgan fingerprint density at radius 3 is 1.26 bits per heavy atom. The molecule has 0 fully saturated rings. The van der Waals surface area contributed by atoms with Crippen molar-refractivity contribution in [1.29, 1.82) is 0 Å². The van der Waals surface area contributed by atoms with Gasteiger partial charge in [0.05, 0.1) is 13.7 Å². The zero-order valence-corrected chi connectivity index (χ0v) is 33.1. The Bertz CT molecular complexity index is 950. The molecule has 0 unspecified atom stereocenters. The van der Waals surface area contributed by atoms with Crippen molar-refractivity contribution in [3.05, 3.63) is 24.3 Å². The van der Waals surface area contributed by atoms with Gasteiger partial charge in [0.25, 0.3) is 0 Å². The summed E-state index contributed by atoms with van der Waals surface area (Å²) in [6, 6.07) is 7.74. The standard InChI is InChI=1S/C46H78O4/c1-4-6-8-10-12-14-16-18-20-22-24-26-28-30-32-34-40-48-42-46(43-50-45-38-36-44(47-3)37-39-45)49-41-35-33-31-29-27-25-23-21-19-17-15-13-11-9-7-5-2/h36-39,46H,4-17,22-35,40-43H2,1-3H3/t46-/m0/s1. The van der Waals surface area contributed by atoms with Gasteiger partial charge in [-0.3, -0.25) is 0 Å². The third kappa shape index (κ3) is 31.8. The summed E-state index contributed by atoms with van der Waals surface area (Å²) < 4.78 is 23.7. The summed E-state index contributed by atoms with van der Waals surface area (Å²) in [5.74, 6) is 15.2. The molecular formula is C46H78O4. The zero-order chi connectivity index (χ0) is 35.8. The summed E-state index contributed by atoms with van der Waals surface area (Å²) in [6.07, 6.45) is 35.2. The number of rotatable bonds is 35. The van der Waals surface area contributed by atoms with Gasteiger partial charge >= 0.3 is 0 Å². The van der Waals surface area contributed by atoms with Crippen LogP contribution in [0.5, 0.6) is 11.5 Å². The topological polar surface area (TPSA) is 36.9 Å². The lowest BCUT2D eigenvalue weighted by molar-refractivity contribution is -0.0389. The fourth-order valence-electron chi connectivity index (χ4n) is 5.96. The second kappa shape index (κ2) is 38.1. The summed E-state index contributed by atoms with van der Waals surface area (Å²) >= 11 is 0. The summed E-state index contributed by atoms with van der Waals surface area (Å²) in [4.78, 5) is 0. The Kier molecular flexibility index (Phi) is 35.0. The van der Waals surface area contributed by atoms with Gasteiger partial charge in [-0.25, -0.2) is 0 Å². The van der Waals surface area contributed by atoms with Gasteiger partial charge in [-0.15, -0.1) is 23.7 Å². The van der Waals surface area contributed by atoms with Gasteiger partial charge in [0.15, 0.2) is 0 Å². The third-order valence-electron chi connectivity index (χ3n) is 9.25. The predicted molar refractivity (Wildman–Crippen MR) is 215 cm³/mol. The Balaban J connectivity index is 2.11. The van der Waals surface area contributed by atoms with Gasteiger partial charge in [-0.1, -0.05) is 129 Å². The maximum atomic E-state index is 6.26. The van der Waals surface area contributed by atoms with Crippen LogP contribution in [0.1, 0.15) is 194 Å². The van der Waals surface area contributed by atoms with Gasteiger partial charge in [0, 0.05) is 38.9 Å². The molecule has 4 nitrogen and oxygen atoms in total. The largest absolute Gasteiger partial charge is 0.497 e. The summed E-state index contributed by atoms with van der Waals surface area (Å²) in [5.41, 5.74) is 0. The van der Waals surface area contributed by atoms with Crippen molar-refractivity contribution >= 4 is 0 Å². The summed E-state index contributed by atoms with van der Waals surface area (Å²) in [5, 5.41) is 0. The van der Waals surface area contributed by atoms with E-state index >= 15 is 0 Å². The van der Waals surface area contributed by atoms with Crippen LogP contribution in [0.25, 0.3) is 0 Å². The van der Waals surface area contributed by atoms with Crippen molar-refractivity contribution in [2.45, 2.75) is 200 Å². The van der Waals surface area contributed by atoms with Crippen molar-refractivity contribution in [3.63, 3.8) is 0 Å². The van der Waals surface area contributed by atoms with Crippen LogP contribution in [0.4, 0.5) is 0 Å². The van der Waals surface area contributed by atoms with Crippen LogP contribution in [0.15, 0.2) is 24.3 Å². The van der Waals surface area contributed by atoms with Crippen LogP contribution in [0.2, 0.25) is 0 Å². The molecule has 0 aromatic heterocycles. The molecule has 0 radical (unpaired) electrons. The molecule has 1 aromatic rings. The molecule has 0 aliphatic carbocycles. The second-order valence-electron chi connectivity index (χ2n) is 14.0. The van der Waals surface area contributed by atoms with Gasteiger partial charge in [-0.05, 0) is 62.8 Å². The Hall–Kier alpha value is -2.14. The quantitative estimate of drug-likeness (QED) is 0.0523. The highest BCUT2D eigenvalue weighted by molar-refractivity contribution is 5.31. The van der Waals surface area contributed by atoms with Crippen LogP contribution >= 0.6 is 0 Å². The molecule has 0 aliphatic heterocycles. The zero-order valence-electron chi connectivity index (χ0n) is 33.1. The molecule has 1 atom stereocenters. The van der Waals surface area contributed by atoms with Gasteiger partial charge in [-0.2, -0.15) is 0 Å². The maximum absolute atomic E-state index is 6.26. The smallest absolute Gasteiger partial charge is 0.119 e. The Morgan fingerprint density at radius 1 is 0.440 bits per heavy atom. The van der Waals surface area contributed by atoms with E-state index in [0.29, 0.717) is 13.2 Å². The first-order valence-electron chi connectivity index (χ1n) is 21.2. The molecule has 0 saturated carbocycles. The van der Waals surface area contributed by atoms with Crippen molar-refractivity contribution in [2.24, 2.45) is 0 Å². The fraction of sp³-hybridized carbons (Fsp3) is 0.783. The first-order chi connectivity index (χ1) is 24.8. The lowest BCUT2D eigenvalue weighted by Gasteiger charge is -2.19. The average Bonchev–Trinajstić information content (AvgIpc) is 3.14. The van der Waals surface area contributed by atoms with Crippen LogP contribution in [0, 0.1) is 23.7 Å². The van der Waals surface area contributed by atoms with E-state index in [1.807, 2.05) is 24.3 Å². The molecule has 4 heteroatoms. The van der Waals surface area contributed by atoms with E-state index in [1.54, 1.807) is 7.11 Å². The Labute approximate surface area is 310 Å². The minimum atomic E-state index is -0.0609. The number of ether oxygens (including phenoxy) is 4. The van der Waals surface area contributed by atoms with E-state index in [1.165, 1.54) is 141 Å². The molecule has 0 amide bonds. The van der Waals surface area contributed by atoms with Crippen LogP contribution < -0.4 is 9.47 Å². The SMILES string of the molecule is CCCCCCCCC#CCCCCCCCCOC[C@@H](COc1ccc(OC)cc1)OCCCCCCCCC#CCCCCCCCC. The number of hydrogen-bond donors (Lipinski definition) is 0. The molecule has 0 saturated heterocycles. The predicted octanol–water partition coefficient (Wildman–Crippen LogP) is 13.4. The number of unbranched alkanes of at least 4 members (excludes halogenated alkanes) is 24. The van der Waals surface area contributed by atoms with Crippen molar-refractivity contribution in [1.82, 2.24) is 0 Å². The van der Waals surface area contributed by atoms with E-state index in [9.17, 15) is 0 Å². The van der Waals surface area contributed by atoms with Crippen LogP contribution in [-0.2, 0) is 9.47 Å². The van der Waals surface area contributed by atoms with E-state index < -0.39 is 0 Å². The molecule has 50 heavy (non-hydrogen) atoms. The van der Waals surface area contributed by atoms with E-state index in [4.69, 9.17) is 18.9 Å². The first kappa shape index (κ1) is 45.9. The van der Waals surface area contributed by atoms with E-state index in [-0.39, 0.29) is 6.10 Å². The number of benzene rings is 1. The van der Waals surface area contributed by atoms with Crippen LogP contribution in [-0.4, -0.2) is 39.6 Å². The fourth-order valence-corrected chi connectivity index (χ4v) is 5.96. The minimum Gasteiger partial charge on any atom is -0.497 e. The van der Waals surface area contributed by atoms with E-state index in [2.05, 4.69) is 37.5 Å². The second-order valence-corrected chi connectivity index (χ2v) is 14.0. The average molecular weight is 695 g/mol. The van der Waals surface area contributed by atoms with Gasteiger partial charge in [0.2, 0.25) is 0 Å². The molecule has 286 valence electrons. The molecule has 0 N–H and O–H groups in total. The first-order valence-corrected chi connectivity index (χ1v) is 21.2. The number of hydrogen-bond acceptors (Lipinski definition) is 4. The highest BCUT2D eigenvalue weighted by Crippen LogP contribution is 2.18. The summed E-state index contributed by atoms with van der Waals surface area (Å²) in [7, 11) is 1.68. The van der Waals surface area contributed by atoms with Crippen LogP contribution in [0.3, 0.4) is 0 Å². The van der Waals surface area contributed by atoms with Gasteiger partial charge in [0.1, 0.15) is 24.2 Å². The van der Waals surface area contributed by atoms with E-state index in [0.717, 1.165) is 63.2 Å². The highest BCUT2D eigenvalue weighted by Gasteiger charge is 2.11.